The van der Waals surface area contributed by atoms with Gasteiger partial charge in [0.2, 0.25) is 5.91 Å². The van der Waals surface area contributed by atoms with E-state index in [1.807, 2.05) is 43.3 Å². The molecule has 7 heteroatoms. The number of rotatable bonds is 6. The second-order valence-corrected chi connectivity index (χ2v) is 9.31. The van der Waals surface area contributed by atoms with E-state index in [-0.39, 0.29) is 5.91 Å². The fraction of sp³-hybridized carbons (Fsp3) is 0.304. The predicted octanol–water partition coefficient (Wildman–Crippen LogP) is 4.64. The quantitative estimate of drug-likeness (QED) is 0.553. The van der Waals surface area contributed by atoms with Crippen molar-refractivity contribution in [2.75, 3.05) is 38.0 Å². The number of hydrogen-bond acceptors (Lipinski definition) is 5. The highest BCUT2D eigenvalue weighted by molar-refractivity contribution is 9.10. The number of hydrogen-bond donors (Lipinski definition) is 1. The Balaban J connectivity index is 1.24. The number of amides is 1. The molecule has 1 aliphatic rings. The first-order valence-corrected chi connectivity index (χ1v) is 11.7. The number of carbonyl (C=O) groups is 1. The molecule has 0 bridgehead atoms. The number of thiazole rings is 1. The van der Waals surface area contributed by atoms with Gasteiger partial charge >= 0.3 is 0 Å². The highest BCUT2D eigenvalue weighted by Gasteiger charge is 2.20. The van der Waals surface area contributed by atoms with Gasteiger partial charge in [-0.1, -0.05) is 36.4 Å². The standard InChI is InChI=1S/C23H25BrN4OS/c1-17-7-8-21(20(24)13-17)26-22(29)15-28-11-9-27(10-12-28)14-19-16-30-23(25-19)18-5-3-2-4-6-18/h2-8,13,16H,9-12,14-15H2,1H3,(H,26,29). The molecule has 30 heavy (non-hydrogen) atoms. The van der Waals surface area contributed by atoms with Gasteiger partial charge in [0.1, 0.15) is 5.01 Å². The Kier molecular flexibility index (Phi) is 6.94. The molecule has 1 fully saturated rings. The van der Waals surface area contributed by atoms with Crippen molar-refractivity contribution in [2.45, 2.75) is 13.5 Å². The zero-order valence-electron chi connectivity index (χ0n) is 17.0. The number of carbonyl (C=O) groups excluding carboxylic acids is 1. The van der Waals surface area contributed by atoms with Gasteiger partial charge < -0.3 is 5.32 Å². The van der Waals surface area contributed by atoms with Crippen molar-refractivity contribution in [3.8, 4) is 10.6 Å². The van der Waals surface area contributed by atoms with E-state index >= 15 is 0 Å². The third-order valence-corrected chi connectivity index (χ3v) is 6.79. The van der Waals surface area contributed by atoms with E-state index < -0.39 is 0 Å². The number of aromatic nitrogens is 1. The Labute approximate surface area is 189 Å². The summed E-state index contributed by atoms with van der Waals surface area (Å²) in [4.78, 5) is 21.9. The summed E-state index contributed by atoms with van der Waals surface area (Å²) < 4.78 is 0.916. The smallest absolute Gasteiger partial charge is 0.238 e. The molecule has 0 saturated carbocycles. The van der Waals surface area contributed by atoms with E-state index in [0.717, 1.165) is 59.1 Å². The summed E-state index contributed by atoms with van der Waals surface area (Å²) >= 11 is 5.21. The summed E-state index contributed by atoms with van der Waals surface area (Å²) in [7, 11) is 0. The lowest BCUT2D eigenvalue weighted by molar-refractivity contribution is -0.117. The first-order valence-electron chi connectivity index (χ1n) is 10.1. The van der Waals surface area contributed by atoms with Crippen molar-refractivity contribution >= 4 is 38.9 Å². The van der Waals surface area contributed by atoms with Crippen LogP contribution in [-0.4, -0.2) is 53.4 Å². The van der Waals surface area contributed by atoms with Gasteiger partial charge in [-0.15, -0.1) is 11.3 Å². The molecular weight excluding hydrogens is 460 g/mol. The number of anilines is 1. The zero-order chi connectivity index (χ0) is 20.9. The second-order valence-electron chi connectivity index (χ2n) is 7.59. The van der Waals surface area contributed by atoms with E-state index in [4.69, 9.17) is 4.98 Å². The first-order chi connectivity index (χ1) is 14.6. The SMILES string of the molecule is Cc1ccc(NC(=O)CN2CCN(Cc3csc(-c4ccccc4)n3)CC2)c(Br)c1. The Morgan fingerprint density at radius 1 is 1.10 bits per heavy atom. The molecule has 0 spiro atoms. The summed E-state index contributed by atoms with van der Waals surface area (Å²) in [5.41, 5.74) is 4.27. The maximum atomic E-state index is 12.4. The molecule has 1 N–H and O–H groups in total. The third-order valence-electron chi connectivity index (χ3n) is 5.19. The number of nitrogens with zero attached hydrogens (tertiary/aromatic N) is 3. The average molecular weight is 485 g/mol. The summed E-state index contributed by atoms with van der Waals surface area (Å²) in [5, 5.41) is 6.23. The van der Waals surface area contributed by atoms with Crippen LogP contribution < -0.4 is 5.32 Å². The molecule has 3 aromatic rings. The molecule has 1 aromatic heterocycles. The number of nitrogens with one attached hydrogen (secondary N) is 1. The molecule has 1 aliphatic heterocycles. The van der Waals surface area contributed by atoms with Crippen LogP contribution in [0.3, 0.4) is 0 Å². The van der Waals surface area contributed by atoms with Crippen molar-refractivity contribution in [1.82, 2.24) is 14.8 Å². The third kappa shape index (κ3) is 5.55. The number of benzene rings is 2. The van der Waals surface area contributed by atoms with Crippen LogP contribution in [0.1, 0.15) is 11.3 Å². The minimum Gasteiger partial charge on any atom is -0.324 e. The van der Waals surface area contributed by atoms with Gasteiger partial charge in [0, 0.05) is 48.1 Å². The largest absolute Gasteiger partial charge is 0.324 e. The van der Waals surface area contributed by atoms with Crippen LogP contribution in [0.5, 0.6) is 0 Å². The highest BCUT2D eigenvalue weighted by Crippen LogP contribution is 2.25. The first kappa shape index (κ1) is 21.2. The maximum Gasteiger partial charge on any atom is 0.238 e. The Bertz CT molecular complexity index is 999. The molecule has 1 saturated heterocycles. The topological polar surface area (TPSA) is 48.5 Å². The molecule has 0 atom stereocenters. The van der Waals surface area contributed by atoms with E-state index in [1.165, 1.54) is 5.56 Å². The van der Waals surface area contributed by atoms with Crippen LogP contribution >= 0.6 is 27.3 Å². The van der Waals surface area contributed by atoms with Gasteiger partial charge in [0.15, 0.2) is 0 Å². The van der Waals surface area contributed by atoms with Crippen LogP contribution in [0.15, 0.2) is 58.4 Å². The maximum absolute atomic E-state index is 12.4. The summed E-state index contributed by atoms with van der Waals surface area (Å²) in [6.07, 6.45) is 0. The van der Waals surface area contributed by atoms with Gasteiger partial charge in [-0.25, -0.2) is 4.98 Å². The highest BCUT2D eigenvalue weighted by atomic mass is 79.9. The number of halogens is 1. The Morgan fingerprint density at radius 3 is 2.57 bits per heavy atom. The fourth-order valence-corrected chi connectivity index (χ4v) is 4.95. The lowest BCUT2D eigenvalue weighted by Crippen LogP contribution is -2.48. The number of aryl methyl sites for hydroxylation is 1. The van der Waals surface area contributed by atoms with Crippen LogP contribution in [0.4, 0.5) is 5.69 Å². The van der Waals surface area contributed by atoms with Gasteiger partial charge in [0.05, 0.1) is 17.9 Å². The van der Waals surface area contributed by atoms with Crippen molar-refractivity contribution in [3.63, 3.8) is 0 Å². The molecule has 4 rings (SSSR count). The average Bonchev–Trinajstić information content (AvgIpc) is 3.21. The van der Waals surface area contributed by atoms with Gasteiger partial charge in [-0.05, 0) is 40.5 Å². The molecular formula is C23H25BrN4OS. The molecule has 0 unspecified atom stereocenters. The molecule has 156 valence electrons. The molecule has 5 nitrogen and oxygen atoms in total. The number of piperazine rings is 1. The van der Waals surface area contributed by atoms with Gasteiger partial charge in [0.25, 0.3) is 0 Å². The van der Waals surface area contributed by atoms with Crippen LogP contribution in [-0.2, 0) is 11.3 Å². The Hall–Kier alpha value is -2.06. The van der Waals surface area contributed by atoms with E-state index in [1.54, 1.807) is 11.3 Å². The molecule has 2 aromatic carbocycles. The minimum atomic E-state index is 0.0278. The predicted molar refractivity (Wildman–Crippen MR) is 127 cm³/mol. The van der Waals surface area contributed by atoms with Gasteiger partial charge in [-0.2, -0.15) is 0 Å². The monoisotopic (exact) mass is 484 g/mol. The molecule has 0 radical (unpaired) electrons. The van der Waals surface area contributed by atoms with Crippen molar-refractivity contribution in [3.05, 3.63) is 69.6 Å². The van der Waals surface area contributed by atoms with Crippen LogP contribution in [0.25, 0.3) is 10.6 Å². The zero-order valence-corrected chi connectivity index (χ0v) is 19.4. The summed E-state index contributed by atoms with van der Waals surface area (Å²) in [6, 6.07) is 16.3. The van der Waals surface area contributed by atoms with Crippen LogP contribution in [0.2, 0.25) is 0 Å². The van der Waals surface area contributed by atoms with Gasteiger partial charge in [-0.3, -0.25) is 14.6 Å². The molecule has 0 aliphatic carbocycles. The van der Waals surface area contributed by atoms with Crippen molar-refractivity contribution in [2.24, 2.45) is 0 Å². The summed E-state index contributed by atoms with van der Waals surface area (Å²) in [5.74, 6) is 0.0278. The van der Waals surface area contributed by atoms with E-state index in [2.05, 4.69) is 48.6 Å². The van der Waals surface area contributed by atoms with E-state index in [0.29, 0.717) is 6.54 Å². The van der Waals surface area contributed by atoms with Crippen molar-refractivity contribution < 1.29 is 4.79 Å². The molecule has 1 amide bonds. The van der Waals surface area contributed by atoms with E-state index in [9.17, 15) is 4.79 Å². The molecule has 2 heterocycles. The fourth-order valence-electron chi connectivity index (χ4n) is 3.54. The lowest BCUT2D eigenvalue weighted by Gasteiger charge is -2.33. The normalized spacial score (nSPS) is 15.3. The van der Waals surface area contributed by atoms with Crippen molar-refractivity contribution in [1.29, 1.82) is 0 Å². The summed E-state index contributed by atoms with van der Waals surface area (Å²) in [6.45, 7) is 6.97. The second kappa shape index (κ2) is 9.83. The van der Waals surface area contributed by atoms with Crippen LogP contribution in [0, 0.1) is 6.92 Å². The lowest BCUT2D eigenvalue weighted by atomic mass is 10.2. The Morgan fingerprint density at radius 2 is 1.83 bits per heavy atom. The minimum absolute atomic E-state index is 0.0278.